The second-order valence-electron chi connectivity index (χ2n) is 5.40. The number of H-pyrrole nitrogens is 1. The molecule has 0 radical (unpaired) electrons. The third-order valence-corrected chi connectivity index (χ3v) is 5.46. The highest BCUT2D eigenvalue weighted by Gasteiger charge is 2.36. The van der Waals surface area contributed by atoms with Crippen molar-refractivity contribution >= 4 is 15.7 Å². The first kappa shape index (κ1) is 15.0. The fourth-order valence-corrected chi connectivity index (χ4v) is 3.55. The number of carbonyl (C=O) groups excluding carboxylic acids is 1. The van der Waals surface area contributed by atoms with Gasteiger partial charge in [0.2, 0.25) is 0 Å². The number of rotatable bonds is 4. The number of hydrogen-bond donors (Lipinski definition) is 3. The minimum atomic E-state index is -3.06. The van der Waals surface area contributed by atoms with Gasteiger partial charge in [0.15, 0.2) is 0 Å². The summed E-state index contributed by atoms with van der Waals surface area (Å²) in [6.45, 7) is 0.106. The predicted molar refractivity (Wildman–Crippen MR) is 73.0 cm³/mol. The van der Waals surface area contributed by atoms with Crippen LogP contribution >= 0.6 is 0 Å². The molecule has 3 N–H and O–H groups in total. The zero-order chi connectivity index (χ0) is 14.8. The van der Waals surface area contributed by atoms with Crippen LogP contribution in [0.25, 0.3) is 0 Å². The third-order valence-electron chi connectivity index (χ3n) is 3.78. The molecule has 1 fully saturated rings. The summed E-state index contributed by atoms with van der Waals surface area (Å²) in [6.07, 6.45) is 4.35. The molecule has 0 unspecified atom stereocenters. The van der Waals surface area contributed by atoms with E-state index in [1.165, 1.54) is 6.26 Å². The standard InChI is InChI=1S/C12H19N3O4S/c1-20(18,19)9-2-5-12(17,6-3-9)8-13-11(16)10-4-7-14-15-10/h4,7,9,17H,2-3,5-6,8H2,1H3,(H,13,16)(H,14,15)/t9-,12+. The Hall–Kier alpha value is -1.41. The monoisotopic (exact) mass is 301 g/mol. The van der Waals surface area contributed by atoms with Crippen molar-refractivity contribution in [3.05, 3.63) is 18.0 Å². The van der Waals surface area contributed by atoms with Gasteiger partial charge in [-0.2, -0.15) is 5.10 Å². The van der Waals surface area contributed by atoms with Crippen LogP contribution in [0.2, 0.25) is 0 Å². The maximum absolute atomic E-state index is 11.7. The fraction of sp³-hybridized carbons (Fsp3) is 0.667. The van der Waals surface area contributed by atoms with Gasteiger partial charge in [0.25, 0.3) is 5.91 Å². The number of nitrogens with one attached hydrogen (secondary N) is 2. The molecule has 0 aliphatic heterocycles. The van der Waals surface area contributed by atoms with Crippen LogP contribution in [-0.2, 0) is 9.84 Å². The van der Waals surface area contributed by atoms with Crippen molar-refractivity contribution in [2.24, 2.45) is 0 Å². The smallest absolute Gasteiger partial charge is 0.271 e. The molecule has 1 aromatic heterocycles. The summed E-state index contributed by atoms with van der Waals surface area (Å²) in [7, 11) is -3.06. The zero-order valence-electron chi connectivity index (χ0n) is 11.3. The van der Waals surface area contributed by atoms with E-state index in [0.29, 0.717) is 25.7 Å². The minimum absolute atomic E-state index is 0.106. The molecule has 1 aromatic rings. The number of aromatic amines is 1. The van der Waals surface area contributed by atoms with Gasteiger partial charge in [-0.05, 0) is 31.7 Å². The van der Waals surface area contributed by atoms with Crippen LogP contribution in [0.3, 0.4) is 0 Å². The molecule has 0 spiro atoms. The van der Waals surface area contributed by atoms with E-state index in [0.717, 1.165) is 0 Å². The zero-order valence-corrected chi connectivity index (χ0v) is 12.1. The molecule has 1 amide bonds. The van der Waals surface area contributed by atoms with E-state index in [2.05, 4.69) is 15.5 Å². The van der Waals surface area contributed by atoms with Crippen LogP contribution in [0.4, 0.5) is 0 Å². The molecule has 0 bridgehead atoms. The Kier molecular flexibility index (Phi) is 4.14. The highest BCUT2D eigenvalue weighted by molar-refractivity contribution is 7.91. The summed E-state index contributed by atoms with van der Waals surface area (Å²) >= 11 is 0. The number of carbonyl (C=O) groups is 1. The van der Waals surface area contributed by atoms with Crippen molar-refractivity contribution in [2.75, 3.05) is 12.8 Å². The molecule has 0 aromatic carbocycles. The molecule has 1 heterocycles. The van der Waals surface area contributed by atoms with E-state index in [4.69, 9.17) is 0 Å². The molecule has 1 aliphatic rings. The molecule has 1 saturated carbocycles. The second-order valence-corrected chi connectivity index (χ2v) is 7.72. The summed E-state index contributed by atoms with van der Waals surface area (Å²) < 4.78 is 22.9. The van der Waals surface area contributed by atoms with Crippen molar-refractivity contribution in [1.82, 2.24) is 15.5 Å². The first-order valence-electron chi connectivity index (χ1n) is 6.49. The van der Waals surface area contributed by atoms with Crippen LogP contribution in [0, 0.1) is 0 Å². The minimum Gasteiger partial charge on any atom is -0.388 e. The maximum Gasteiger partial charge on any atom is 0.271 e. The van der Waals surface area contributed by atoms with Gasteiger partial charge in [-0.1, -0.05) is 0 Å². The highest BCUT2D eigenvalue weighted by atomic mass is 32.2. The molecular weight excluding hydrogens is 282 g/mol. The fourth-order valence-electron chi connectivity index (χ4n) is 2.46. The largest absolute Gasteiger partial charge is 0.388 e. The van der Waals surface area contributed by atoms with Crippen LogP contribution < -0.4 is 5.32 Å². The van der Waals surface area contributed by atoms with E-state index in [9.17, 15) is 18.3 Å². The Balaban J connectivity index is 1.86. The lowest BCUT2D eigenvalue weighted by atomic mass is 9.84. The number of amides is 1. The second kappa shape index (κ2) is 5.53. The van der Waals surface area contributed by atoms with Crippen molar-refractivity contribution in [3.63, 3.8) is 0 Å². The van der Waals surface area contributed by atoms with Gasteiger partial charge in [-0.25, -0.2) is 8.42 Å². The first-order valence-corrected chi connectivity index (χ1v) is 8.45. The predicted octanol–water partition coefficient (Wildman–Crippen LogP) is -0.142. The van der Waals surface area contributed by atoms with Gasteiger partial charge in [-0.3, -0.25) is 9.89 Å². The first-order chi connectivity index (χ1) is 9.30. The number of hydrogen-bond acceptors (Lipinski definition) is 5. The van der Waals surface area contributed by atoms with Crippen molar-refractivity contribution in [1.29, 1.82) is 0 Å². The van der Waals surface area contributed by atoms with Gasteiger partial charge in [0, 0.05) is 19.0 Å². The molecule has 112 valence electrons. The average molecular weight is 301 g/mol. The summed E-state index contributed by atoms with van der Waals surface area (Å²) in [5, 5.41) is 18.9. The molecule has 0 atom stereocenters. The Bertz CT molecular complexity index is 560. The molecule has 20 heavy (non-hydrogen) atoms. The lowest BCUT2D eigenvalue weighted by Gasteiger charge is -2.35. The molecule has 1 aliphatic carbocycles. The molecule has 8 heteroatoms. The molecule has 2 rings (SSSR count). The van der Waals surface area contributed by atoms with E-state index >= 15 is 0 Å². The van der Waals surface area contributed by atoms with E-state index in [1.807, 2.05) is 0 Å². The molecule has 0 saturated heterocycles. The van der Waals surface area contributed by atoms with Crippen LogP contribution in [-0.4, -0.2) is 53.3 Å². The van der Waals surface area contributed by atoms with Gasteiger partial charge in [0.1, 0.15) is 15.5 Å². The third kappa shape index (κ3) is 3.57. The molecule has 7 nitrogen and oxygen atoms in total. The highest BCUT2D eigenvalue weighted by Crippen LogP contribution is 2.31. The van der Waals surface area contributed by atoms with Gasteiger partial charge in [0.05, 0.1) is 10.9 Å². The van der Waals surface area contributed by atoms with E-state index in [1.54, 1.807) is 12.3 Å². The number of aromatic nitrogens is 2. The Morgan fingerprint density at radius 1 is 1.55 bits per heavy atom. The summed E-state index contributed by atoms with van der Waals surface area (Å²) in [5.74, 6) is -0.357. The lowest BCUT2D eigenvalue weighted by molar-refractivity contribution is 0.00607. The Morgan fingerprint density at radius 2 is 2.20 bits per heavy atom. The topological polar surface area (TPSA) is 112 Å². The van der Waals surface area contributed by atoms with Gasteiger partial charge >= 0.3 is 0 Å². The van der Waals surface area contributed by atoms with E-state index < -0.39 is 15.4 Å². The van der Waals surface area contributed by atoms with E-state index in [-0.39, 0.29) is 23.4 Å². The summed E-state index contributed by atoms with van der Waals surface area (Å²) in [6, 6.07) is 1.54. The van der Waals surface area contributed by atoms with Crippen LogP contribution in [0.1, 0.15) is 36.2 Å². The summed E-state index contributed by atoms with van der Waals surface area (Å²) in [5.41, 5.74) is -0.772. The SMILES string of the molecule is CS(=O)(=O)[C@H]1CC[C@](O)(CNC(=O)c2cc[nH]n2)CC1. The number of aliphatic hydroxyl groups is 1. The Labute approximate surface area is 117 Å². The van der Waals surface area contributed by atoms with Crippen LogP contribution in [0.15, 0.2) is 12.3 Å². The van der Waals surface area contributed by atoms with Crippen LogP contribution in [0.5, 0.6) is 0 Å². The van der Waals surface area contributed by atoms with Gasteiger partial charge in [-0.15, -0.1) is 0 Å². The van der Waals surface area contributed by atoms with Crippen molar-refractivity contribution in [3.8, 4) is 0 Å². The van der Waals surface area contributed by atoms with Gasteiger partial charge < -0.3 is 10.4 Å². The normalized spacial score (nSPS) is 27.2. The Morgan fingerprint density at radius 3 is 2.70 bits per heavy atom. The maximum atomic E-state index is 11.7. The van der Waals surface area contributed by atoms with Crippen molar-refractivity contribution < 1.29 is 18.3 Å². The number of nitrogens with zero attached hydrogens (tertiary/aromatic N) is 1. The molecular formula is C12H19N3O4S. The number of sulfone groups is 1. The lowest BCUT2D eigenvalue weighted by Crippen LogP contribution is -2.47. The summed E-state index contributed by atoms with van der Waals surface area (Å²) in [4.78, 5) is 11.7. The average Bonchev–Trinajstić information content (AvgIpc) is 2.89. The quantitative estimate of drug-likeness (QED) is 0.716. The van der Waals surface area contributed by atoms with Crippen molar-refractivity contribution in [2.45, 2.75) is 36.5 Å².